The number of hydrogen-bond acceptors (Lipinski definition) is 5. The van der Waals surface area contributed by atoms with E-state index in [-0.39, 0.29) is 35.8 Å². The maximum absolute atomic E-state index is 13.3. The summed E-state index contributed by atoms with van der Waals surface area (Å²) in [5.41, 5.74) is 1.62. The van der Waals surface area contributed by atoms with E-state index in [4.69, 9.17) is 27.9 Å². The number of hydrogen-bond donors (Lipinski definition) is 0. The fraction of sp³-hybridized carbons (Fsp3) is 0.462. The van der Waals surface area contributed by atoms with Crippen molar-refractivity contribution in [2.45, 2.75) is 62.6 Å². The molecule has 0 N–H and O–H groups in total. The fourth-order valence-corrected chi connectivity index (χ4v) is 5.96. The molecule has 0 spiro atoms. The number of amides is 1. The van der Waals surface area contributed by atoms with Crippen molar-refractivity contribution in [3.05, 3.63) is 58.1 Å². The second-order valence-electron chi connectivity index (χ2n) is 8.98. The highest BCUT2D eigenvalue weighted by atomic mass is 35.5. The standard InChI is InChI=1S/C26H30Cl2N2O3S/c1-17-18(2)30(13-12-29(17)21-7-5-6-20(27)15-21)26(32)19-10-11-24(23(28)14-19)34-16-25(31)33-22-8-3-4-9-22/h5-7,10-11,14-15,17-18,22H,3-4,8-9,12-13,16H2,1-2H3/t17-,18?/m1/s1. The summed E-state index contributed by atoms with van der Waals surface area (Å²) in [6.45, 7) is 5.53. The van der Waals surface area contributed by atoms with Crippen LogP contribution in [0.4, 0.5) is 5.69 Å². The molecule has 2 aromatic rings. The van der Waals surface area contributed by atoms with E-state index in [0.717, 1.165) is 42.8 Å². The van der Waals surface area contributed by atoms with Crippen molar-refractivity contribution in [3.8, 4) is 0 Å². The van der Waals surface area contributed by atoms with Gasteiger partial charge in [0.05, 0.1) is 10.8 Å². The third-order valence-electron chi connectivity index (χ3n) is 6.79. The first-order valence-corrected chi connectivity index (χ1v) is 13.5. The van der Waals surface area contributed by atoms with Gasteiger partial charge in [-0.2, -0.15) is 0 Å². The first-order valence-electron chi connectivity index (χ1n) is 11.8. The Bertz CT molecular complexity index is 1040. The zero-order valence-corrected chi connectivity index (χ0v) is 21.8. The molecule has 0 radical (unpaired) electrons. The highest BCUT2D eigenvalue weighted by Gasteiger charge is 2.34. The van der Waals surface area contributed by atoms with Crippen LogP contribution >= 0.6 is 35.0 Å². The number of esters is 1. The molecule has 8 heteroatoms. The van der Waals surface area contributed by atoms with Crippen LogP contribution in [-0.4, -0.2) is 53.8 Å². The zero-order valence-electron chi connectivity index (χ0n) is 19.5. The van der Waals surface area contributed by atoms with E-state index in [0.29, 0.717) is 22.2 Å². The monoisotopic (exact) mass is 520 g/mol. The van der Waals surface area contributed by atoms with Crippen molar-refractivity contribution in [3.63, 3.8) is 0 Å². The molecule has 0 bridgehead atoms. The number of carbonyl (C=O) groups is 2. The molecular weight excluding hydrogens is 491 g/mol. The maximum atomic E-state index is 13.3. The van der Waals surface area contributed by atoms with Crippen LogP contribution in [0, 0.1) is 0 Å². The van der Waals surface area contributed by atoms with Crippen LogP contribution in [0.2, 0.25) is 10.0 Å². The summed E-state index contributed by atoms with van der Waals surface area (Å²) in [6, 6.07) is 13.3. The number of carbonyl (C=O) groups excluding carboxylic acids is 2. The molecule has 1 amide bonds. The predicted octanol–water partition coefficient (Wildman–Crippen LogP) is 6.31. The van der Waals surface area contributed by atoms with Gasteiger partial charge >= 0.3 is 5.97 Å². The average Bonchev–Trinajstić information content (AvgIpc) is 3.32. The third-order valence-corrected chi connectivity index (χ3v) is 8.50. The molecule has 2 aromatic carbocycles. The summed E-state index contributed by atoms with van der Waals surface area (Å²) in [7, 11) is 0. The summed E-state index contributed by atoms with van der Waals surface area (Å²) in [5, 5.41) is 1.18. The van der Waals surface area contributed by atoms with Crippen LogP contribution in [0.5, 0.6) is 0 Å². The number of rotatable bonds is 6. The number of thioether (sulfide) groups is 1. The number of halogens is 2. The molecular formula is C26H30Cl2N2O3S. The van der Waals surface area contributed by atoms with Crippen molar-refractivity contribution in [1.29, 1.82) is 0 Å². The van der Waals surface area contributed by atoms with Gasteiger partial charge in [0.1, 0.15) is 6.10 Å². The molecule has 1 saturated carbocycles. The van der Waals surface area contributed by atoms with Crippen molar-refractivity contribution >= 4 is 52.5 Å². The molecule has 1 saturated heterocycles. The van der Waals surface area contributed by atoms with Gasteiger partial charge in [0.2, 0.25) is 0 Å². The first kappa shape index (κ1) is 25.2. The Kier molecular flexibility index (Phi) is 8.33. The molecule has 4 rings (SSSR count). The van der Waals surface area contributed by atoms with E-state index in [1.54, 1.807) is 12.1 Å². The lowest BCUT2D eigenvalue weighted by Gasteiger charge is -2.46. The molecule has 182 valence electrons. The fourth-order valence-electron chi connectivity index (χ4n) is 4.73. The molecule has 0 aromatic heterocycles. The van der Waals surface area contributed by atoms with Crippen LogP contribution in [0.1, 0.15) is 49.9 Å². The van der Waals surface area contributed by atoms with Gasteiger partial charge in [-0.25, -0.2) is 0 Å². The van der Waals surface area contributed by atoms with E-state index in [2.05, 4.69) is 18.7 Å². The largest absolute Gasteiger partial charge is 0.462 e. The molecule has 1 unspecified atom stereocenters. The van der Waals surface area contributed by atoms with E-state index >= 15 is 0 Å². The Morgan fingerprint density at radius 3 is 2.50 bits per heavy atom. The highest BCUT2D eigenvalue weighted by Crippen LogP contribution is 2.31. The van der Waals surface area contributed by atoms with Crippen molar-refractivity contribution < 1.29 is 14.3 Å². The van der Waals surface area contributed by atoms with Gasteiger partial charge in [-0.15, -0.1) is 11.8 Å². The Morgan fingerprint density at radius 1 is 1.03 bits per heavy atom. The van der Waals surface area contributed by atoms with Gasteiger partial charge in [-0.1, -0.05) is 29.3 Å². The summed E-state index contributed by atoms with van der Waals surface area (Å²) in [5.74, 6) is -0.0403. The van der Waals surface area contributed by atoms with Crippen LogP contribution in [0.25, 0.3) is 0 Å². The quantitative estimate of drug-likeness (QED) is 0.329. The normalized spacial score (nSPS) is 21.1. The molecule has 5 nitrogen and oxygen atoms in total. The Labute approximate surface area is 215 Å². The summed E-state index contributed by atoms with van der Waals surface area (Å²) >= 11 is 14.0. The van der Waals surface area contributed by atoms with E-state index in [1.165, 1.54) is 11.8 Å². The van der Waals surface area contributed by atoms with Crippen LogP contribution in [0.3, 0.4) is 0 Å². The Morgan fingerprint density at radius 2 is 1.79 bits per heavy atom. The number of ether oxygens (including phenoxy) is 1. The van der Waals surface area contributed by atoms with Crippen LogP contribution in [-0.2, 0) is 9.53 Å². The van der Waals surface area contributed by atoms with Gasteiger partial charge in [0.25, 0.3) is 5.91 Å². The van der Waals surface area contributed by atoms with E-state index < -0.39 is 0 Å². The van der Waals surface area contributed by atoms with Gasteiger partial charge in [-0.3, -0.25) is 9.59 Å². The molecule has 34 heavy (non-hydrogen) atoms. The maximum Gasteiger partial charge on any atom is 0.316 e. The van der Waals surface area contributed by atoms with E-state index in [9.17, 15) is 9.59 Å². The minimum Gasteiger partial charge on any atom is -0.462 e. The zero-order chi connectivity index (χ0) is 24.2. The van der Waals surface area contributed by atoms with Gasteiger partial charge in [0.15, 0.2) is 0 Å². The number of anilines is 1. The molecule has 1 aliphatic heterocycles. The second-order valence-corrected chi connectivity index (χ2v) is 10.8. The third kappa shape index (κ3) is 5.84. The van der Waals surface area contributed by atoms with Crippen molar-refractivity contribution in [1.82, 2.24) is 4.90 Å². The van der Waals surface area contributed by atoms with Crippen molar-refractivity contribution in [2.75, 3.05) is 23.7 Å². The van der Waals surface area contributed by atoms with E-state index in [1.807, 2.05) is 35.2 Å². The minimum atomic E-state index is -0.214. The topological polar surface area (TPSA) is 49.9 Å². The lowest BCUT2D eigenvalue weighted by molar-refractivity contribution is -0.145. The lowest BCUT2D eigenvalue weighted by atomic mass is 10.0. The highest BCUT2D eigenvalue weighted by molar-refractivity contribution is 8.00. The molecule has 1 aliphatic carbocycles. The summed E-state index contributed by atoms with van der Waals surface area (Å²) in [4.78, 5) is 30.4. The predicted molar refractivity (Wildman–Crippen MR) is 139 cm³/mol. The lowest BCUT2D eigenvalue weighted by Crippen LogP contribution is -2.59. The Balaban J connectivity index is 1.37. The van der Waals surface area contributed by atoms with Gasteiger partial charge in [0, 0.05) is 46.3 Å². The smallest absolute Gasteiger partial charge is 0.316 e. The molecule has 2 aliphatic rings. The minimum absolute atomic E-state index is 0.0124. The molecule has 2 atom stereocenters. The second kappa shape index (κ2) is 11.2. The number of nitrogens with zero attached hydrogens (tertiary/aromatic N) is 2. The molecule has 2 fully saturated rings. The van der Waals surface area contributed by atoms with Gasteiger partial charge in [-0.05, 0) is 75.9 Å². The molecule has 1 heterocycles. The summed E-state index contributed by atoms with van der Waals surface area (Å²) in [6.07, 6.45) is 4.22. The SMILES string of the molecule is CC1[C@@H](C)N(c2cccc(Cl)c2)CCN1C(=O)c1ccc(SCC(=O)OC2CCCC2)c(Cl)c1. The Hall–Kier alpha value is -1.89. The van der Waals surface area contributed by atoms with Crippen LogP contribution in [0.15, 0.2) is 47.4 Å². The van der Waals surface area contributed by atoms with Crippen LogP contribution < -0.4 is 4.90 Å². The first-order chi connectivity index (χ1) is 16.3. The number of piperazine rings is 1. The van der Waals surface area contributed by atoms with Gasteiger partial charge < -0.3 is 14.5 Å². The number of benzene rings is 2. The average molecular weight is 522 g/mol. The van der Waals surface area contributed by atoms with Crippen molar-refractivity contribution in [2.24, 2.45) is 0 Å². The summed E-state index contributed by atoms with van der Waals surface area (Å²) < 4.78 is 5.51.